The first-order valence-corrected chi connectivity index (χ1v) is 13.6. The van der Waals surface area contributed by atoms with Crippen LogP contribution in [0.1, 0.15) is 28.8 Å². The van der Waals surface area contributed by atoms with Crippen LogP contribution in [-0.2, 0) is 0 Å². The lowest BCUT2D eigenvalue weighted by Crippen LogP contribution is -2.53. The number of nitrogens with zero attached hydrogens (tertiary/aromatic N) is 5. The number of carbonyl (C=O) groups is 1. The highest BCUT2D eigenvalue weighted by Crippen LogP contribution is 2.38. The van der Waals surface area contributed by atoms with Crippen LogP contribution in [0.4, 0.5) is 23.5 Å². The van der Waals surface area contributed by atoms with Gasteiger partial charge in [0.15, 0.2) is 5.78 Å². The van der Waals surface area contributed by atoms with Gasteiger partial charge in [-0.3, -0.25) is 4.79 Å². The molecule has 1 aliphatic carbocycles. The predicted octanol–water partition coefficient (Wildman–Crippen LogP) is 1.47. The number of hydrogen-bond acceptors (Lipinski definition) is 11. The van der Waals surface area contributed by atoms with Crippen molar-refractivity contribution in [3.63, 3.8) is 0 Å². The zero-order chi connectivity index (χ0) is 27.1. The molecule has 12 heteroatoms. The Labute approximate surface area is 240 Å². The Kier molecular flexibility index (Phi) is 8.20. The quantitative estimate of drug-likeness (QED) is 0.229. The Hall–Kier alpha value is -3.35. The van der Waals surface area contributed by atoms with Gasteiger partial charge >= 0.3 is 0 Å². The molecule has 1 aromatic heterocycles. The average Bonchev–Trinajstić information content (AvgIpc) is 3.23. The molecular weight excluding hydrogens is 528 g/mol. The molecule has 0 unspecified atom stereocenters. The Morgan fingerprint density at radius 1 is 0.750 bits per heavy atom. The molecule has 3 aromatic rings. The molecule has 0 spiro atoms. The minimum absolute atomic E-state index is 0. The molecule has 40 heavy (non-hydrogen) atoms. The lowest BCUT2D eigenvalue weighted by molar-refractivity contribution is 0.104. The van der Waals surface area contributed by atoms with E-state index in [-0.39, 0.29) is 30.3 Å². The summed E-state index contributed by atoms with van der Waals surface area (Å²) >= 11 is 0. The van der Waals surface area contributed by atoms with E-state index in [9.17, 15) is 4.79 Å². The number of piperidine rings is 2. The minimum Gasteiger partial charge on any atom is -0.340 e. The summed E-state index contributed by atoms with van der Waals surface area (Å²) in [4.78, 5) is 31.5. The average molecular weight is 565 g/mol. The molecule has 11 nitrogen and oxygen atoms in total. The third kappa shape index (κ3) is 5.48. The van der Waals surface area contributed by atoms with E-state index in [0.717, 1.165) is 48.3 Å². The summed E-state index contributed by atoms with van der Waals surface area (Å²) in [7, 11) is 0. The topological polar surface area (TPSA) is 178 Å². The fourth-order valence-corrected chi connectivity index (χ4v) is 6.09. The van der Waals surface area contributed by atoms with E-state index in [2.05, 4.69) is 10.2 Å². The number of hydrogen-bond donors (Lipinski definition) is 5. The van der Waals surface area contributed by atoms with Gasteiger partial charge in [0.2, 0.25) is 17.8 Å². The first-order chi connectivity index (χ1) is 18.9. The maximum absolute atomic E-state index is 12.8. The van der Waals surface area contributed by atoms with Crippen LogP contribution >= 0.6 is 12.4 Å². The molecular formula is C28H37ClN10O. The highest BCUT2D eigenvalue weighted by atomic mass is 35.5. The second-order valence-electron chi connectivity index (χ2n) is 11.0. The van der Waals surface area contributed by atoms with E-state index in [0.29, 0.717) is 61.4 Å². The zero-order valence-corrected chi connectivity index (χ0v) is 23.2. The number of nitrogens with two attached hydrogens (primary N) is 4. The van der Waals surface area contributed by atoms with Crippen LogP contribution in [0.3, 0.4) is 0 Å². The van der Waals surface area contributed by atoms with Gasteiger partial charge in [-0.2, -0.15) is 15.0 Å². The summed E-state index contributed by atoms with van der Waals surface area (Å²) in [6.45, 7) is 3.91. The van der Waals surface area contributed by atoms with Gasteiger partial charge in [0.25, 0.3) is 0 Å². The van der Waals surface area contributed by atoms with Crippen LogP contribution in [0.2, 0.25) is 0 Å². The Balaban J connectivity index is 0.00000323. The van der Waals surface area contributed by atoms with E-state index >= 15 is 0 Å². The second-order valence-corrected chi connectivity index (χ2v) is 11.0. The molecule has 0 radical (unpaired) electrons. The van der Waals surface area contributed by atoms with Crippen molar-refractivity contribution in [2.45, 2.75) is 24.9 Å². The van der Waals surface area contributed by atoms with Gasteiger partial charge in [-0.15, -0.1) is 12.4 Å². The normalized spacial score (nSPS) is 23.9. The molecule has 2 aliphatic heterocycles. The maximum Gasteiger partial charge on any atom is 0.233 e. The zero-order valence-electron chi connectivity index (χ0n) is 22.4. The number of rotatable bonds is 6. The molecule has 4 atom stereocenters. The fourth-order valence-electron chi connectivity index (χ4n) is 6.09. The summed E-state index contributed by atoms with van der Waals surface area (Å²) in [6, 6.07) is 13.3. The molecule has 2 aromatic carbocycles. The fraction of sp³-hybridized carbons (Fsp3) is 0.429. The number of carbonyl (C=O) groups excluding carboxylic acids is 1. The summed E-state index contributed by atoms with van der Waals surface area (Å²) in [6.07, 6.45) is 1.76. The van der Waals surface area contributed by atoms with Crippen LogP contribution in [-0.4, -0.2) is 72.1 Å². The SMILES string of the molecule is Cl.NC[C@@H]1C[C@H](CN)CN(c2nc(Nc3ccc4c(c3)-c3ccccc3C4=O)nc(N3C[C@H](N)C[C@H](N)C3)n2)C1. The molecule has 2 saturated heterocycles. The summed E-state index contributed by atoms with van der Waals surface area (Å²) < 4.78 is 0. The minimum atomic E-state index is -0.0575. The lowest BCUT2D eigenvalue weighted by atomic mass is 9.89. The molecule has 0 saturated carbocycles. The first kappa shape index (κ1) is 28.2. The van der Waals surface area contributed by atoms with Gasteiger partial charge in [-0.1, -0.05) is 24.3 Å². The van der Waals surface area contributed by atoms with Crippen LogP contribution in [0, 0.1) is 11.8 Å². The van der Waals surface area contributed by atoms with Crippen molar-refractivity contribution in [2.24, 2.45) is 34.8 Å². The van der Waals surface area contributed by atoms with Gasteiger partial charge in [0.05, 0.1) is 0 Å². The molecule has 3 heterocycles. The van der Waals surface area contributed by atoms with Crippen molar-refractivity contribution < 1.29 is 4.79 Å². The Morgan fingerprint density at radius 2 is 1.32 bits per heavy atom. The van der Waals surface area contributed by atoms with Crippen LogP contribution in [0.5, 0.6) is 0 Å². The summed E-state index contributed by atoms with van der Waals surface area (Å²) in [5, 5.41) is 3.37. The molecule has 0 bridgehead atoms. The van der Waals surface area contributed by atoms with Gasteiger partial charge in [0.1, 0.15) is 0 Å². The van der Waals surface area contributed by atoms with Gasteiger partial charge < -0.3 is 38.1 Å². The largest absolute Gasteiger partial charge is 0.340 e. The highest BCUT2D eigenvalue weighted by Gasteiger charge is 2.31. The van der Waals surface area contributed by atoms with E-state index in [4.69, 9.17) is 37.9 Å². The standard InChI is InChI=1S/C28H36N10O.ClH/c29-10-16-7-17(11-30)13-37(12-16)27-34-26(35-28(36-27)38-14-18(31)8-19(32)15-38)33-20-5-6-23-24(9-20)21-3-1-2-4-22(21)25(23)39;/h1-6,9,16-19H,7-8,10-15,29-32H2,(H,33,34,35,36);1H/t16-,17+,18-,19+;. The number of halogens is 1. The summed E-state index contributed by atoms with van der Waals surface area (Å²) in [5.41, 5.74) is 28.8. The molecule has 9 N–H and O–H groups in total. The van der Waals surface area contributed by atoms with Gasteiger partial charge in [-0.05, 0) is 67.1 Å². The number of benzene rings is 2. The van der Waals surface area contributed by atoms with E-state index < -0.39 is 0 Å². The van der Waals surface area contributed by atoms with Crippen molar-refractivity contribution in [1.82, 2.24) is 15.0 Å². The number of aromatic nitrogens is 3. The van der Waals surface area contributed by atoms with Gasteiger partial charge in [-0.25, -0.2) is 0 Å². The van der Waals surface area contributed by atoms with Crippen molar-refractivity contribution in [2.75, 3.05) is 54.4 Å². The third-order valence-corrected chi connectivity index (χ3v) is 7.97. The van der Waals surface area contributed by atoms with Crippen LogP contribution in [0.25, 0.3) is 11.1 Å². The molecule has 2 fully saturated rings. The smallest absolute Gasteiger partial charge is 0.233 e. The van der Waals surface area contributed by atoms with Crippen LogP contribution in [0.15, 0.2) is 42.5 Å². The van der Waals surface area contributed by atoms with Crippen LogP contribution < -0.4 is 38.1 Å². The highest BCUT2D eigenvalue weighted by molar-refractivity contribution is 6.22. The van der Waals surface area contributed by atoms with Crippen molar-refractivity contribution >= 4 is 41.7 Å². The van der Waals surface area contributed by atoms with E-state index in [1.165, 1.54) is 0 Å². The molecule has 3 aliphatic rings. The predicted molar refractivity (Wildman–Crippen MR) is 160 cm³/mol. The number of nitrogens with one attached hydrogen (secondary N) is 1. The molecule has 6 rings (SSSR count). The monoisotopic (exact) mass is 564 g/mol. The number of ketones is 1. The van der Waals surface area contributed by atoms with E-state index in [1.54, 1.807) is 0 Å². The third-order valence-electron chi connectivity index (χ3n) is 7.97. The van der Waals surface area contributed by atoms with Crippen molar-refractivity contribution in [1.29, 1.82) is 0 Å². The number of fused-ring (bicyclic) bond motifs is 3. The van der Waals surface area contributed by atoms with Gasteiger partial charge in [0, 0.05) is 55.1 Å². The Bertz CT molecular complexity index is 1360. The number of anilines is 4. The molecule has 212 valence electrons. The maximum atomic E-state index is 12.8. The first-order valence-electron chi connectivity index (χ1n) is 13.6. The molecule has 0 amide bonds. The second kappa shape index (κ2) is 11.6. The van der Waals surface area contributed by atoms with Crippen molar-refractivity contribution in [3.8, 4) is 11.1 Å². The lowest BCUT2D eigenvalue weighted by Gasteiger charge is -2.38. The Morgan fingerprint density at radius 3 is 1.95 bits per heavy atom. The van der Waals surface area contributed by atoms with Crippen molar-refractivity contribution in [3.05, 3.63) is 53.6 Å². The summed E-state index contributed by atoms with van der Waals surface area (Å²) in [5.74, 6) is 2.20. The van der Waals surface area contributed by atoms with E-state index in [1.807, 2.05) is 47.4 Å².